The summed E-state index contributed by atoms with van der Waals surface area (Å²) in [6.07, 6.45) is 8.68. The van der Waals surface area contributed by atoms with E-state index in [0.717, 1.165) is 31.4 Å². The van der Waals surface area contributed by atoms with Crippen LogP contribution in [0, 0.1) is 0 Å². The van der Waals surface area contributed by atoms with E-state index in [0.29, 0.717) is 11.5 Å². The lowest BCUT2D eigenvalue weighted by Gasteiger charge is -2.24. The quantitative estimate of drug-likeness (QED) is 0.935. The van der Waals surface area contributed by atoms with E-state index in [1.54, 1.807) is 12.3 Å². The molecule has 1 unspecified atom stereocenters. The number of carboxylic acid groups (broad SMARTS) is 1. The smallest absolute Gasteiger partial charge is 0.335 e. The summed E-state index contributed by atoms with van der Waals surface area (Å²) in [6, 6.07) is 7.37. The molecule has 4 nitrogen and oxygen atoms in total. The van der Waals surface area contributed by atoms with Crippen LogP contribution in [0.15, 0.2) is 36.7 Å². The Morgan fingerprint density at radius 1 is 1.29 bits per heavy atom. The van der Waals surface area contributed by atoms with Gasteiger partial charge in [0.15, 0.2) is 0 Å². The molecule has 108 valence electrons. The highest BCUT2D eigenvalue weighted by Gasteiger charge is 2.21. The topological polar surface area (TPSA) is 63.1 Å². The Hall–Kier alpha value is -2.23. The number of fused-ring (bicyclic) bond motifs is 1. The maximum atomic E-state index is 11.0. The van der Waals surface area contributed by atoms with Crippen LogP contribution in [-0.4, -0.2) is 21.0 Å². The highest BCUT2D eigenvalue weighted by molar-refractivity contribution is 5.87. The minimum Gasteiger partial charge on any atom is -0.478 e. The normalized spacial score (nSPS) is 17.2. The van der Waals surface area contributed by atoms with Crippen LogP contribution >= 0.6 is 0 Å². The molecule has 4 heteroatoms. The summed E-state index contributed by atoms with van der Waals surface area (Å²) in [5.74, 6) is -0.437. The van der Waals surface area contributed by atoms with Gasteiger partial charge in [-0.3, -0.25) is 9.97 Å². The molecule has 0 aliphatic heterocycles. The van der Waals surface area contributed by atoms with E-state index >= 15 is 0 Å². The number of rotatable bonds is 4. The number of carboxylic acids is 1. The van der Waals surface area contributed by atoms with Gasteiger partial charge in [0.1, 0.15) is 0 Å². The fourth-order valence-electron chi connectivity index (χ4n) is 3.06. The van der Waals surface area contributed by atoms with Gasteiger partial charge in [-0.2, -0.15) is 0 Å². The van der Waals surface area contributed by atoms with Crippen LogP contribution in [0.2, 0.25) is 0 Å². The van der Waals surface area contributed by atoms with Crippen molar-refractivity contribution in [1.29, 1.82) is 0 Å². The number of nitrogens with zero attached hydrogens (tertiary/aromatic N) is 2. The first kappa shape index (κ1) is 13.7. The molecular weight excluding hydrogens is 264 g/mol. The van der Waals surface area contributed by atoms with Crippen LogP contribution in [0.1, 0.15) is 52.5 Å². The van der Waals surface area contributed by atoms with Crippen molar-refractivity contribution in [3.8, 4) is 0 Å². The standard InChI is InChI=1S/C17H18N2O2/c20-17(21)14-8-10-18-15(11-14)7-6-13-4-1-3-12-5-2-9-19-16(12)13/h2,5,8-11,13H,1,3-4,6-7H2,(H,20,21). The summed E-state index contributed by atoms with van der Waals surface area (Å²) >= 11 is 0. The van der Waals surface area contributed by atoms with E-state index in [2.05, 4.69) is 16.0 Å². The van der Waals surface area contributed by atoms with Crippen LogP contribution in [0.5, 0.6) is 0 Å². The monoisotopic (exact) mass is 282 g/mol. The third-order valence-electron chi connectivity index (χ3n) is 4.12. The fourth-order valence-corrected chi connectivity index (χ4v) is 3.06. The molecule has 21 heavy (non-hydrogen) atoms. The van der Waals surface area contributed by atoms with Crippen molar-refractivity contribution in [3.63, 3.8) is 0 Å². The predicted molar refractivity (Wildman–Crippen MR) is 79.4 cm³/mol. The molecule has 1 aliphatic rings. The van der Waals surface area contributed by atoms with E-state index in [9.17, 15) is 4.79 Å². The number of pyridine rings is 2. The van der Waals surface area contributed by atoms with Crippen molar-refractivity contribution in [2.45, 2.75) is 38.0 Å². The van der Waals surface area contributed by atoms with Crippen LogP contribution in [-0.2, 0) is 12.8 Å². The average Bonchev–Trinajstić information content (AvgIpc) is 2.53. The van der Waals surface area contributed by atoms with Gasteiger partial charge in [0.05, 0.1) is 5.56 Å². The zero-order valence-electron chi connectivity index (χ0n) is 11.8. The second-order valence-electron chi connectivity index (χ2n) is 5.52. The molecule has 1 atom stereocenters. The van der Waals surface area contributed by atoms with Gasteiger partial charge in [0, 0.05) is 29.7 Å². The van der Waals surface area contributed by atoms with E-state index in [-0.39, 0.29) is 0 Å². The predicted octanol–water partition coefficient (Wildman–Crippen LogP) is 3.23. The first-order valence-corrected chi connectivity index (χ1v) is 7.36. The molecule has 0 saturated heterocycles. The first-order valence-electron chi connectivity index (χ1n) is 7.36. The summed E-state index contributed by atoms with van der Waals surface area (Å²) in [5.41, 5.74) is 3.74. The summed E-state index contributed by atoms with van der Waals surface area (Å²) in [7, 11) is 0. The second-order valence-corrected chi connectivity index (χ2v) is 5.52. The summed E-state index contributed by atoms with van der Waals surface area (Å²) < 4.78 is 0. The fraction of sp³-hybridized carbons (Fsp3) is 0.353. The minimum atomic E-state index is -0.900. The zero-order valence-corrected chi connectivity index (χ0v) is 11.8. The summed E-state index contributed by atoms with van der Waals surface area (Å²) in [6.45, 7) is 0. The Labute approximate surface area is 123 Å². The van der Waals surface area contributed by atoms with Gasteiger partial charge >= 0.3 is 5.97 Å². The number of carbonyl (C=O) groups is 1. The maximum Gasteiger partial charge on any atom is 0.335 e. The average molecular weight is 282 g/mol. The van der Waals surface area contributed by atoms with Crippen molar-refractivity contribution >= 4 is 5.97 Å². The van der Waals surface area contributed by atoms with E-state index in [1.165, 1.54) is 23.7 Å². The molecule has 2 aromatic heterocycles. The van der Waals surface area contributed by atoms with E-state index < -0.39 is 5.97 Å². The first-order chi connectivity index (χ1) is 10.2. The highest BCUT2D eigenvalue weighted by atomic mass is 16.4. The molecule has 0 radical (unpaired) electrons. The SMILES string of the molecule is O=C(O)c1ccnc(CCC2CCCc3cccnc32)c1. The molecule has 0 spiro atoms. The number of hydrogen-bond acceptors (Lipinski definition) is 3. The third-order valence-corrected chi connectivity index (χ3v) is 4.12. The van der Waals surface area contributed by atoms with E-state index in [1.807, 2.05) is 12.3 Å². The van der Waals surface area contributed by atoms with Crippen LogP contribution in [0.4, 0.5) is 0 Å². The van der Waals surface area contributed by atoms with Gasteiger partial charge in [-0.15, -0.1) is 0 Å². The number of aryl methyl sites for hydroxylation is 2. The van der Waals surface area contributed by atoms with Gasteiger partial charge in [0.25, 0.3) is 0 Å². The van der Waals surface area contributed by atoms with Gasteiger partial charge in [0.2, 0.25) is 0 Å². The Morgan fingerprint density at radius 2 is 2.19 bits per heavy atom. The molecule has 2 heterocycles. The lowest BCUT2D eigenvalue weighted by atomic mass is 9.83. The molecule has 0 saturated carbocycles. The Morgan fingerprint density at radius 3 is 3.05 bits per heavy atom. The lowest BCUT2D eigenvalue weighted by Crippen LogP contribution is -2.13. The summed E-state index contributed by atoms with van der Waals surface area (Å²) in [5, 5.41) is 9.02. The molecule has 0 fully saturated rings. The number of aromatic carboxylic acids is 1. The van der Waals surface area contributed by atoms with E-state index in [4.69, 9.17) is 5.11 Å². The Kier molecular flexibility index (Phi) is 3.95. The Bertz CT molecular complexity index is 655. The van der Waals surface area contributed by atoms with Gasteiger partial charge in [-0.05, 0) is 55.9 Å². The van der Waals surface area contributed by atoms with Crippen LogP contribution in [0.25, 0.3) is 0 Å². The van der Waals surface area contributed by atoms with Crippen molar-refractivity contribution in [3.05, 3.63) is 59.2 Å². The molecule has 0 bridgehead atoms. The lowest BCUT2D eigenvalue weighted by molar-refractivity contribution is 0.0696. The second kappa shape index (κ2) is 6.04. The molecule has 1 N–H and O–H groups in total. The molecule has 2 aromatic rings. The van der Waals surface area contributed by atoms with Crippen LogP contribution in [0.3, 0.4) is 0 Å². The van der Waals surface area contributed by atoms with Crippen LogP contribution < -0.4 is 0 Å². The zero-order chi connectivity index (χ0) is 14.7. The minimum absolute atomic E-state index is 0.308. The summed E-state index contributed by atoms with van der Waals surface area (Å²) in [4.78, 5) is 19.8. The molecule has 0 aromatic carbocycles. The maximum absolute atomic E-state index is 11.0. The van der Waals surface area contributed by atoms with Gasteiger partial charge in [-0.1, -0.05) is 6.07 Å². The Balaban J connectivity index is 1.71. The van der Waals surface area contributed by atoms with Gasteiger partial charge in [-0.25, -0.2) is 4.79 Å². The highest BCUT2D eigenvalue weighted by Crippen LogP contribution is 2.32. The van der Waals surface area contributed by atoms with Crippen molar-refractivity contribution in [2.24, 2.45) is 0 Å². The van der Waals surface area contributed by atoms with Crippen molar-refractivity contribution in [2.75, 3.05) is 0 Å². The number of hydrogen-bond donors (Lipinski definition) is 1. The molecular formula is C17H18N2O2. The molecule has 0 amide bonds. The molecule has 3 rings (SSSR count). The van der Waals surface area contributed by atoms with Crippen molar-refractivity contribution in [1.82, 2.24) is 9.97 Å². The number of aromatic nitrogens is 2. The third kappa shape index (κ3) is 3.10. The molecule has 1 aliphatic carbocycles. The van der Waals surface area contributed by atoms with Crippen molar-refractivity contribution < 1.29 is 9.90 Å². The van der Waals surface area contributed by atoms with Gasteiger partial charge < -0.3 is 5.11 Å². The largest absolute Gasteiger partial charge is 0.478 e.